The van der Waals surface area contributed by atoms with Gasteiger partial charge in [-0.1, -0.05) is 12.2 Å². The van der Waals surface area contributed by atoms with Crippen LogP contribution in [0.5, 0.6) is 0 Å². The van der Waals surface area contributed by atoms with Crippen molar-refractivity contribution in [2.24, 2.45) is 0 Å². The van der Waals surface area contributed by atoms with Crippen LogP contribution in [0.15, 0.2) is 12.2 Å². The predicted molar refractivity (Wildman–Crippen MR) is 51.3 cm³/mol. The molecule has 0 aliphatic rings. The van der Waals surface area contributed by atoms with Crippen molar-refractivity contribution in [1.29, 1.82) is 0 Å². The molecule has 0 radical (unpaired) electrons. The summed E-state index contributed by atoms with van der Waals surface area (Å²) in [6.07, 6.45) is 0.548. The average molecular weight is 190 g/mol. The van der Waals surface area contributed by atoms with Crippen LogP contribution in [0.1, 0.15) is 6.92 Å². The molecular formula is C8H18O3Si. The third-order valence-electron chi connectivity index (χ3n) is 1.58. The summed E-state index contributed by atoms with van der Waals surface area (Å²) in [6, 6.07) is 0. The van der Waals surface area contributed by atoms with E-state index in [2.05, 4.69) is 6.58 Å². The molecule has 0 saturated heterocycles. The second-order valence-electron chi connectivity index (χ2n) is 2.99. The second kappa shape index (κ2) is 5.48. The zero-order valence-corrected chi connectivity index (χ0v) is 9.35. The quantitative estimate of drug-likeness (QED) is 0.469. The zero-order chi connectivity index (χ0) is 9.61. The lowest BCUT2D eigenvalue weighted by Gasteiger charge is -2.22. The maximum Gasteiger partial charge on any atom is 0.361 e. The van der Waals surface area contributed by atoms with Crippen molar-refractivity contribution in [2.45, 2.75) is 13.5 Å². The van der Waals surface area contributed by atoms with E-state index in [0.717, 1.165) is 5.57 Å². The van der Waals surface area contributed by atoms with E-state index in [0.29, 0.717) is 12.8 Å². The monoisotopic (exact) mass is 190 g/mol. The molecule has 0 saturated carbocycles. The maximum absolute atomic E-state index is 5.35. The highest BCUT2D eigenvalue weighted by Gasteiger charge is 2.28. The van der Waals surface area contributed by atoms with Gasteiger partial charge in [0.15, 0.2) is 0 Å². The Morgan fingerprint density at radius 1 is 1.33 bits per heavy atom. The molecule has 0 fully saturated rings. The molecule has 0 spiro atoms. The van der Waals surface area contributed by atoms with Gasteiger partial charge in [0, 0.05) is 14.2 Å². The first-order chi connectivity index (χ1) is 5.54. The van der Waals surface area contributed by atoms with Gasteiger partial charge in [-0.3, -0.25) is 0 Å². The van der Waals surface area contributed by atoms with Gasteiger partial charge in [0.25, 0.3) is 0 Å². The Morgan fingerprint density at radius 3 is 2.17 bits per heavy atom. The summed E-state index contributed by atoms with van der Waals surface area (Å²) in [4.78, 5) is 0. The fourth-order valence-electron chi connectivity index (χ4n) is 0.612. The van der Waals surface area contributed by atoms with Crippen molar-refractivity contribution < 1.29 is 13.6 Å². The Balaban J connectivity index is 3.65. The summed E-state index contributed by atoms with van der Waals surface area (Å²) in [6.45, 7) is 8.21. The van der Waals surface area contributed by atoms with E-state index in [-0.39, 0.29) is 0 Å². The normalized spacial score (nSPS) is 11.7. The topological polar surface area (TPSA) is 27.7 Å². The smallest absolute Gasteiger partial charge is 0.361 e. The van der Waals surface area contributed by atoms with E-state index >= 15 is 0 Å². The zero-order valence-electron chi connectivity index (χ0n) is 8.35. The summed E-state index contributed by atoms with van der Waals surface area (Å²) in [7, 11) is 1.28. The molecule has 0 aliphatic carbocycles. The van der Waals surface area contributed by atoms with Gasteiger partial charge in [-0.2, -0.15) is 0 Å². The van der Waals surface area contributed by atoms with Crippen molar-refractivity contribution >= 4 is 8.56 Å². The van der Waals surface area contributed by atoms with Crippen molar-refractivity contribution in [2.75, 3.05) is 27.1 Å². The molecule has 0 N–H and O–H groups in total. The third kappa shape index (κ3) is 4.66. The molecule has 0 rings (SSSR count). The van der Waals surface area contributed by atoms with Crippen LogP contribution in [0.25, 0.3) is 0 Å². The first-order valence-corrected chi connectivity index (χ1v) is 6.39. The molecule has 0 heterocycles. The van der Waals surface area contributed by atoms with Crippen molar-refractivity contribution in [3.8, 4) is 0 Å². The Labute approximate surface area is 75.6 Å². The van der Waals surface area contributed by atoms with Crippen LogP contribution in [0.2, 0.25) is 6.55 Å². The fraction of sp³-hybridized carbons (Fsp3) is 0.750. The molecular weight excluding hydrogens is 172 g/mol. The molecule has 0 aromatic heterocycles. The Bertz CT molecular complexity index is 143. The van der Waals surface area contributed by atoms with Crippen LogP contribution >= 0.6 is 0 Å². The largest absolute Gasteiger partial charge is 0.396 e. The number of hydrogen-bond donors (Lipinski definition) is 0. The van der Waals surface area contributed by atoms with Crippen LogP contribution in [0, 0.1) is 0 Å². The van der Waals surface area contributed by atoms with Crippen molar-refractivity contribution in [1.82, 2.24) is 0 Å². The van der Waals surface area contributed by atoms with Gasteiger partial charge in [0.2, 0.25) is 0 Å². The molecule has 12 heavy (non-hydrogen) atoms. The summed E-state index contributed by atoms with van der Waals surface area (Å²) in [5.74, 6) is 0. The van der Waals surface area contributed by atoms with Gasteiger partial charge in [0.1, 0.15) is 0 Å². The van der Waals surface area contributed by atoms with E-state index < -0.39 is 8.56 Å². The fourth-order valence-corrected chi connectivity index (χ4v) is 1.49. The minimum absolute atomic E-state index is 0.548. The van der Waals surface area contributed by atoms with Crippen LogP contribution in [0.4, 0.5) is 0 Å². The molecule has 0 aromatic carbocycles. The van der Waals surface area contributed by atoms with Gasteiger partial charge >= 0.3 is 8.56 Å². The van der Waals surface area contributed by atoms with Crippen LogP contribution < -0.4 is 0 Å². The second-order valence-corrected chi connectivity index (χ2v) is 6.36. The van der Waals surface area contributed by atoms with Gasteiger partial charge < -0.3 is 13.6 Å². The molecule has 0 aliphatic heterocycles. The summed E-state index contributed by atoms with van der Waals surface area (Å²) < 4.78 is 15.8. The van der Waals surface area contributed by atoms with Gasteiger partial charge in [-0.05, 0) is 13.5 Å². The minimum atomic E-state index is -2.03. The van der Waals surface area contributed by atoms with Crippen LogP contribution in [-0.2, 0) is 13.6 Å². The van der Waals surface area contributed by atoms with Gasteiger partial charge in [-0.25, -0.2) is 0 Å². The Hall–Kier alpha value is -0.163. The number of hydrogen-bond acceptors (Lipinski definition) is 3. The van der Waals surface area contributed by atoms with Crippen LogP contribution in [0.3, 0.4) is 0 Å². The standard InChI is InChI=1S/C8H18O3Si/c1-8(2)6-11-7-12(5,9-3)10-4/h1,6-7H2,2-5H3. The molecule has 0 unspecified atom stereocenters. The maximum atomic E-state index is 5.35. The molecule has 0 bridgehead atoms. The van der Waals surface area contributed by atoms with Crippen LogP contribution in [-0.4, -0.2) is 35.6 Å². The predicted octanol–water partition coefficient (Wildman–Crippen LogP) is 1.48. The lowest BCUT2D eigenvalue weighted by Crippen LogP contribution is -2.42. The Kier molecular flexibility index (Phi) is 5.40. The highest BCUT2D eigenvalue weighted by molar-refractivity contribution is 6.65. The minimum Gasteiger partial charge on any atom is -0.396 e. The van der Waals surface area contributed by atoms with Gasteiger partial charge in [0.05, 0.1) is 12.8 Å². The first kappa shape index (κ1) is 11.8. The highest BCUT2D eigenvalue weighted by Crippen LogP contribution is 2.04. The van der Waals surface area contributed by atoms with E-state index in [1.165, 1.54) is 0 Å². The molecule has 0 amide bonds. The number of rotatable bonds is 6. The molecule has 3 nitrogen and oxygen atoms in total. The molecule has 4 heteroatoms. The first-order valence-electron chi connectivity index (χ1n) is 3.86. The van der Waals surface area contributed by atoms with Crippen molar-refractivity contribution in [3.63, 3.8) is 0 Å². The lowest BCUT2D eigenvalue weighted by molar-refractivity contribution is 0.143. The Morgan fingerprint density at radius 2 is 1.83 bits per heavy atom. The molecule has 0 atom stereocenters. The summed E-state index contributed by atoms with van der Waals surface area (Å²) in [5, 5.41) is 0. The van der Waals surface area contributed by atoms with E-state index in [1.807, 2.05) is 13.5 Å². The average Bonchev–Trinajstić information content (AvgIpc) is 2.03. The molecule has 72 valence electrons. The molecule has 0 aromatic rings. The SMILES string of the molecule is C=C(C)COC[Si](C)(OC)OC. The van der Waals surface area contributed by atoms with E-state index in [4.69, 9.17) is 13.6 Å². The number of ether oxygens (including phenoxy) is 1. The summed E-state index contributed by atoms with van der Waals surface area (Å²) >= 11 is 0. The third-order valence-corrected chi connectivity index (χ3v) is 4.03. The van der Waals surface area contributed by atoms with Crippen molar-refractivity contribution in [3.05, 3.63) is 12.2 Å². The lowest BCUT2D eigenvalue weighted by atomic mass is 10.4. The summed E-state index contributed by atoms with van der Waals surface area (Å²) in [5.41, 5.74) is 1.01. The van der Waals surface area contributed by atoms with E-state index in [9.17, 15) is 0 Å². The van der Waals surface area contributed by atoms with E-state index in [1.54, 1.807) is 14.2 Å². The highest BCUT2D eigenvalue weighted by atomic mass is 28.4. The van der Waals surface area contributed by atoms with Gasteiger partial charge in [-0.15, -0.1) is 0 Å².